The van der Waals surface area contributed by atoms with Gasteiger partial charge in [0, 0.05) is 27.0 Å². The van der Waals surface area contributed by atoms with Crippen LogP contribution in [0.15, 0.2) is 16.6 Å². The first-order valence-corrected chi connectivity index (χ1v) is 8.60. The molecule has 0 atom stereocenters. The van der Waals surface area contributed by atoms with Crippen LogP contribution in [-0.2, 0) is 17.6 Å². The topological polar surface area (TPSA) is 65.1 Å². The molecule has 0 unspecified atom stereocenters. The van der Waals surface area contributed by atoms with Crippen molar-refractivity contribution in [2.75, 3.05) is 5.32 Å². The number of nitrogens with one attached hydrogen (secondary N) is 2. The summed E-state index contributed by atoms with van der Waals surface area (Å²) in [6, 6.07) is 3.83. The zero-order valence-corrected chi connectivity index (χ0v) is 14.4. The van der Waals surface area contributed by atoms with E-state index in [1.165, 1.54) is 0 Å². The maximum absolute atomic E-state index is 12.4. The van der Waals surface area contributed by atoms with Gasteiger partial charge in [-0.3, -0.25) is 4.79 Å². The second-order valence-electron chi connectivity index (χ2n) is 6.16. The van der Waals surface area contributed by atoms with E-state index < -0.39 is 0 Å². The molecule has 4 nitrogen and oxygen atoms in total. The highest BCUT2D eigenvalue weighted by Crippen LogP contribution is 2.40. The van der Waals surface area contributed by atoms with E-state index in [1.807, 2.05) is 19.1 Å². The first-order valence-electron chi connectivity index (χ1n) is 7.81. The molecule has 0 bridgehead atoms. The standard InChI is InChI=1S/C18H17BrN2O2/c1-9-12(19)6-7-14-16(9)11(18(23)21-14)8-15-17(22)10-4-2-3-5-13(10)20-15/h6-8,20,22H,2-5H2,1H3,(H,21,23). The number of hydrogen-bond acceptors (Lipinski definition) is 2. The predicted octanol–water partition coefficient (Wildman–Crippen LogP) is 4.16. The minimum atomic E-state index is -0.131. The zero-order chi connectivity index (χ0) is 16.1. The van der Waals surface area contributed by atoms with Crippen LogP contribution in [0, 0.1) is 6.92 Å². The van der Waals surface area contributed by atoms with Crippen LogP contribution in [-0.4, -0.2) is 16.0 Å². The van der Waals surface area contributed by atoms with Gasteiger partial charge < -0.3 is 15.4 Å². The minimum Gasteiger partial charge on any atom is -0.505 e. The number of hydrogen-bond donors (Lipinski definition) is 3. The lowest BCUT2D eigenvalue weighted by Gasteiger charge is -2.09. The van der Waals surface area contributed by atoms with Gasteiger partial charge >= 0.3 is 0 Å². The molecular formula is C18H17BrN2O2. The molecule has 1 amide bonds. The molecular weight excluding hydrogens is 356 g/mol. The van der Waals surface area contributed by atoms with Gasteiger partial charge in [-0.1, -0.05) is 15.9 Å². The van der Waals surface area contributed by atoms with Crippen molar-refractivity contribution in [3.63, 3.8) is 0 Å². The van der Waals surface area contributed by atoms with E-state index in [1.54, 1.807) is 6.08 Å². The van der Waals surface area contributed by atoms with E-state index in [-0.39, 0.29) is 5.91 Å². The number of fused-ring (bicyclic) bond motifs is 2. The molecule has 1 aliphatic heterocycles. The van der Waals surface area contributed by atoms with E-state index >= 15 is 0 Å². The maximum Gasteiger partial charge on any atom is 0.256 e. The number of amides is 1. The first-order chi connectivity index (χ1) is 11.1. The van der Waals surface area contributed by atoms with Crippen LogP contribution in [0.25, 0.3) is 11.6 Å². The fourth-order valence-electron chi connectivity index (χ4n) is 3.52. The fraction of sp³-hybridized carbons (Fsp3) is 0.278. The van der Waals surface area contributed by atoms with Crippen LogP contribution in [0.4, 0.5) is 5.69 Å². The Hall–Kier alpha value is -2.01. The molecule has 1 aromatic heterocycles. The molecule has 3 N–H and O–H groups in total. The number of aromatic hydroxyl groups is 1. The Morgan fingerprint density at radius 2 is 2.04 bits per heavy atom. The van der Waals surface area contributed by atoms with Crippen LogP contribution in [0.3, 0.4) is 0 Å². The number of aryl methyl sites for hydroxylation is 1. The number of benzene rings is 1. The van der Waals surface area contributed by atoms with Crippen molar-refractivity contribution in [2.24, 2.45) is 0 Å². The molecule has 23 heavy (non-hydrogen) atoms. The summed E-state index contributed by atoms with van der Waals surface area (Å²) in [5.41, 5.74) is 6.07. The summed E-state index contributed by atoms with van der Waals surface area (Å²) in [6.45, 7) is 1.98. The van der Waals surface area contributed by atoms with Gasteiger partial charge in [0.25, 0.3) is 5.91 Å². The van der Waals surface area contributed by atoms with Crippen molar-refractivity contribution in [2.45, 2.75) is 32.6 Å². The summed E-state index contributed by atoms with van der Waals surface area (Å²) in [5, 5.41) is 13.4. The molecule has 4 rings (SSSR count). The maximum atomic E-state index is 12.4. The average molecular weight is 373 g/mol. The lowest BCUT2D eigenvalue weighted by atomic mass is 9.97. The van der Waals surface area contributed by atoms with E-state index in [2.05, 4.69) is 26.2 Å². The lowest BCUT2D eigenvalue weighted by Crippen LogP contribution is -2.03. The van der Waals surface area contributed by atoms with Crippen molar-refractivity contribution in [3.8, 4) is 5.75 Å². The van der Waals surface area contributed by atoms with Gasteiger partial charge in [0.15, 0.2) is 0 Å². The molecule has 2 aliphatic rings. The number of carbonyl (C=O) groups excluding carboxylic acids is 1. The quantitative estimate of drug-likeness (QED) is 0.657. The van der Waals surface area contributed by atoms with Gasteiger partial charge in [-0.2, -0.15) is 0 Å². The fourth-order valence-corrected chi connectivity index (χ4v) is 3.85. The average Bonchev–Trinajstić information content (AvgIpc) is 3.03. The van der Waals surface area contributed by atoms with Gasteiger partial charge in [0.1, 0.15) is 5.75 Å². The van der Waals surface area contributed by atoms with Gasteiger partial charge in [-0.25, -0.2) is 0 Å². The summed E-state index contributed by atoms with van der Waals surface area (Å²) in [4.78, 5) is 15.7. The number of rotatable bonds is 1. The third-order valence-corrected chi connectivity index (χ3v) is 5.60. The molecule has 1 aromatic carbocycles. The van der Waals surface area contributed by atoms with E-state index in [0.717, 1.165) is 58.2 Å². The normalized spacial score (nSPS) is 18.0. The van der Waals surface area contributed by atoms with Crippen molar-refractivity contribution in [3.05, 3.63) is 44.7 Å². The molecule has 0 spiro atoms. The third kappa shape index (κ3) is 2.22. The largest absolute Gasteiger partial charge is 0.505 e. The van der Waals surface area contributed by atoms with Gasteiger partial charge in [-0.05, 0) is 56.4 Å². The summed E-state index contributed by atoms with van der Waals surface area (Å²) in [7, 11) is 0. The van der Waals surface area contributed by atoms with Crippen molar-refractivity contribution < 1.29 is 9.90 Å². The lowest BCUT2D eigenvalue weighted by molar-refractivity contribution is -0.110. The van der Waals surface area contributed by atoms with Crippen molar-refractivity contribution >= 4 is 39.2 Å². The Morgan fingerprint density at radius 1 is 1.26 bits per heavy atom. The highest BCUT2D eigenvalue weighted by atomic mass is 79.9. The van der Waals surface area contributed by atoms with E-state index in [4.69, 9.17) is 0 Å². The highest BCUT2D eigenvalue weighted by molar-refractivity contribution is 9.10. The minimum absolute atomic E-state index is 0.131. The molecule has 1 aliphatic carbocycles. The number of carbonyl (C=O) groups is 1. The Balaban J connectivity index is 1.86. The van der Waals surface area contributed by atoms with Gasteiger partial charge in [0.05, 0.1) is 11.3 Å². The van der Waals surface area contributed by atoms with Crippen molar-refractivity contribution in [1.82, 2.24) is 4.98 Å². The number of aromatic nitrogens is 1. The number of H-pyrrole nitrogens is 1. The number of halogens is 1. The Labute approximate surface area is 142 Å². The highest BCUT2D eigenvalue weighted by Gasteiger charge is 2.28. The molecule has 2 heterocycles. The molecule has 0 saturated carbocycles. The molecule has 118 valence electrons. The molecule has 0 radical (unpaired) electrons. The van der Waals surface area contributed by atoms with Crippen LogP contribution >= 0.6 is 15.9 Å². The number of aromatic amines is 1. The third-order valence-electron chi connectivity index (χ3n) is 4.74. The Morgan fingerprint density at radius 3 is 2.83 bits per heavy atom. The van der Waals surface area contributed by atoms with Gasteiger partial charge in [-0.15, -0.1) is 0 Å². The predicted molar refractivity (Wildman–Crippen MR) is 94.5 cm³/mol. The first kappa shape index (κ1) is 14.6. The molecule has 0 fully saturated rings. The summed E-state index contributed by atoms with van der Waals surface area (Å²) < 4.78 is 0.966. The monoisotopic (exact) mass is 372 g/mol. The van der Waals surface area contributed by atoms with Crippen LogP contribution in [0.2, 0.25) is 0 Å². The molecule has 0 saturated heterocycles. The second-order valence-corrected chi connectivity index (χ2v) is 7.01. The van der Waals surface area contributed by atoms with Crippen molar-refractivity contribution in [1.29, 1.82) is 0 Å². The van der Waals surface area contributed by atoms with E-state index in [0.29, 0.717) is 17.0 Å². The number of anilines is 1. The Bertz CT molecular complexity index is 864. The van der Waals surface area contributed by atoms with E-state index in [9.17, 15) is 9.90 Å². The molecule has 2 aromatic rings. The second kappa shape index (κ2) is 5.27. The zero-order valence-electron chi connectivity index (χ0n) is 12.8. The summed E-state index contributed by atoms with van der Waals surface area (Å²) >= 11 is 3.52. The van der Waals surface area contributed by atoms with Crippen LogP contribution in [0.5, 0.6) is 5.75 Å². The smallest absolute Gasteiger partial charge is 0.256 e. The van der Waals surface area contributed by atoms with Crippen LogP contribution < -0.4 is 5.32 Å². The SMILES string of the molecule is Cc1c(Br)ccc2c1C(=Cc1[nH]c3c(c1O)CCCC3)C(=O)N2. The van der Waals surface area contributed by atoms with Gasteiger partial charge in [0.2, 0.25) is 0 Å². The summed E-state index contributed by atoms with van der Waals surface area (Å²) in [6.07, 6.45) is 5.87. The molecule has 5 heteroatoms. The Kier molecular flexibility index (Phi) is 3.34. The van der Waals surface area contributed by atoms with Crippen LogP contribution in [0.1, 0.15) is 40.9 Å². The summed E-state index contributed by atoms with van der Waals surface area (Å²) in [5.74, 6) is 0.161.